The summed E-state index contributed by atoms with van der Waals surface area (Å²) in [6.07, 6.45) is -1.05. The van der Waals surface area contributed by atoms with E-state index in [4.69, 9.17) is 37.4 Å². The van der Waals surface area contributed by atoms with Gasteiger partial charge in [0, 0.05) is 34.1 Å². The van der Waals surface area contributed by atoms with Crippen molar-refractivity contribution < 1.29 is 32.5 Å². The summed E-state index contributed by atoms with van der Waals surface area (Å²) in [6.45, 7) is 0.0111. The van der Waals surface area contributed by atoms with E-state index in [1.165, 1.54) is 24.3 Å². The van der Waals surface area contributed by atoms with Gasteiger partial charge in [0.25, 0.3) is 0 Å². The Kier molecular flexibility index (Phi) is 6.43. The topological polar surface area (TPSA) is 102 Å². The maximum Gasteiger partial charge on any atom is 0.324 e. The molecule has 1 N–H and O–H groups in total. The Morgan fingerprint density at radius 1 is 1.19 bits per heavy atom. The molecule has 2 aromatic carbocycles. The van der Waals surface area contributed by atoms with Crippen molar-refractivity contribution in [1.29, 1.82) is 0 Å². The van der Waals surface area contributed by atoms with Crippen LogP contribution in [0, 0.1) is 0 Å². The second kappa shape index (κ2) is 8.93. The van der Waals surface area contributed by atoms with E-state index in [0.29, 0.717) is 28.0 Å². The van der Waals surface area contributed by atoms with Crippen LogP contribution in [0.15, 0.2) is 41.3 Å². The molecule has 0 radical (unpaired) electrons. The Bertz CT molecular complexity index is 1090. The minimum Gasteiger partial charge on any atom is -0.467 e. The number of esters is 1. The number of aliphatic hydroxyl groups excluding tert-OH is 1. The van der Waals surface area contributed by atoms with E-state index in [9.17, 15) is 18.3 Å². The molecule has 0 aromatic heterocycles. The molecule has 0 spiro atoms. The summed E-state index contributed by atoms with van der Waals surface area (Å²) < 4.78 is 43.1. The minimum absolute atomic E-state index is 0.0267. The van der Waals surface area contributed by atoms with Crippen LogP contribution in [0.1, 0.15) is 17.5 Å². The van der Waals surface area contributed by atoms with Gasteiger partial charge in [0.1, 0.15) is 18.4 Å². The van der Waals surface area contributed by atoms with E-state index in [1.54, 1.807) is 12.1 Å². The first-order chi connectivity index (χ1) is 14.8. The van der Waals surface area contributed by atoms with E-state index in [-0.39, 0.29) is 31.3 Å². The number of aliphatic hydroxyl groups is 1. The van der Waals surface area contributed by atoms with Crippen LogP contribution in [0.2, 0.25) is 10.0 Å². The molecule has 2 aliphatic heterocycles. The molecule has 8 nitrogen and oxygen atoms in total. The lowest BCUT2D eigenvalue weighted by atomic mass is 10.1. The predicted molar refractivity (Wildman–Crippen MR) is 111 cm³/mol. The van der Waals surface area contributed by atoms with E-state index in [2.05, 4.69) is 0 Å². The van der Waals surface area contributed by atoms with Crippen molar-refractivity contribution in [2.45, 2.75) is 36.7 Å². The second-order valence-electron chi connectivity index (χ2n) is 7.21. The molecule has 4 rings (SSSR count). The van der Waals surface area contributed by atoms with Crippen molar-refractivity contribution in [3.63, 3.8) is 0 Å². The predicted octanol–water partition coefficient (Wildman–Crippen LogP) is 2.73. The summed E-state index contributed by atoms with van der Waals surface area (Å²) in [4.78, 5) is 12.8. The van der Waals surface area contributed by atoms with Crippen LogP contribution in [-0.2, 0) is 37.5 Å². The average molecular weight is 488 g/mol. The standard InChI is InChI=1S/C20H19Cl2NO7S/c21-14-1-3-17(4-2-14)31(26,27)23-8-16(24)7-18(23)20(25)29-10-13-6-15(22)5-12-9-28-11-30-19(12)13/h1-6,16,18,24H,7-11H2/t16-,18+/m0/s1. The maximum atomic E-state index is 13.0. The summed E-state index contributed by atoms with van der Waals surface area (Å²) >= 11 is 12.0. The van der Waals surface area contributed by atoms with Gasteiger partial charge in [-0.3, -0.25) is 4.79 Å². The van der Waals surface area contributed by atoms with Gasteiger partial charge in [0.15, 0.2) is 6.79 Å². The molecule has 0 unspecified atom stereocenters. The first kappa shape index (κ1) is 22.3. The number of sulfonamides is 1. The summed E-state index contributed by atoms with van der Waals surface area (Å²) in [5, 5.41) is 10.9. The molecule has 11 heteroatoms. The Labute approximate surface area is 189 Å². The average Bonchev–Trinajstić information content (AvgIpc) is 3.14. The number of halogens is 2. The van der Waals surface area contributed by atoms with Gasteiger partial charge in [-0.15, -0.1) is 0 Å². The van der Waals surface area contributed by atoms with Crippen molar-refractivity contribution in [2.75, 3.05) is 13.3 Å². The third-order valence-electron chi connectivity index (χ3n) is 5.05. The van der Waals surface area contributed by atoms with Gasteiger partial charge in [0.05, 0.1) is 17.6 Å². The van der Waals surface area contributed by atoms with Crippen molar-refractivity contribution in [3.05, 3.63) is 57.6 Å². The number of hydrogen-bond donors (Lipinski definition) is 1. The molecule has 0 amide bonds. The zero-order chi connectivity index (χ0) is 22.2. The highest BCUT2D eigenvalue weighted by Gasteiger charge is 2.44. The number of hydrogen-bond acceptors (Lipinski definition) is 7. The zero-order valence-electron chi connectivity index (χ0n) is 16.2. The van der Waals surface area contributed by atoms with Gasteiger partial charge >= 0.3 is 5.97 Å². The highest BCUT2D eigenvalue weighted by atomic mass is 35.5. The van der Waals surface area contributed by atoms with E-state index in [1.807, 2.05) is 0 Å². The van der Waals surface area contributed by atoms with Crippen LogP contribution in [0.25, 0.3) is 0 Å². The number of β-amino-alcohol motifs (C(OH)–C–C–N with tert-alkyl or cyclic N) is 1. The fourth-order valence-electron chi connectivity index (χ4n) is 3.62. The molecule has 2 aliphatic rings. The molecular formula is C20H19Cl2NO7S. The van der Waals surface area contributed by atoms with Gasteiger partial charge in [-0.25, -0.2) is 8.42 Å². The molecule has 0 saturated carbocycles. The molecule has 1 saturated heterocycles. The van der Waals surface area contributed by atoms with Crippen LogP contribution in [0.4, 0.5) is 0 Å². The van der Waals surface area contributed by atoms with Gasteiger partial charge in [-0.1, -0.05) is 23.2 Å². The largest absolute Gasteiger partial charge is 0.467 e. The third kappa shape index (κ3) is 4.67. The van der Waals surface area contributed by atoms with Crippen molar-refractivity contribution >= 4 is 39.2 Å². The summed E-state index contributed by atoms with van der Waals surface area (Å²) in [5.74, 6) is -0.240. The number of carbonyl (C=O) groups is 1. The van der Waals surface area contributed by atoms with Crippen molar-refractivity contribution in [3.8, 4) is 5.75 Å². The van der Waals surface area contributed by atoms with Crippen LogP contribution in [0.5, 0.6) is 5.75 Å². The first-order valence-corrected chi connectivity index (χ1v) is 11.6. The fourth-order valence-corrected chi connectivity index (χ4v) is 5.63. The number of benzene rings is 2. The molecule has 0 bridgehead atoms. The highest BCUT2D eigenvalue weighted by molar-refractivity contribution is 7.89. The van der Waals surface area contributed by atoms with Gasteiger partial charge in [-0.05, 0) is 36.4 Å². The number of fused-ring (bicyclic) bond motifs is 1. The van der Waals surface area contributed by atoms with Crippen LogP contribution in [-0.4, -0.2) is 49.3 Å². The molecule has 2 atom stereocenters. The summed E-state index contributed by atoms with van der Waals surface area (Å²) in [6, 6.07) is 7.75. The number of nitrogens with zero attached hydrogens (tertiary/aromatic N) is 1. The lowest BCUT2D eigenvalue weighted by molar-refractivity contribution is -0.149. The van der Waals surface area contributed by atoms with Crippen LogP contribution >= 0.6 is 23.2 Å². The third-order valence-corrected chi connectivity index (χ3v) is 7.41. The van der Waals surface area contributed by atoms with Gasteiger partial charge in [0.2, 0.25) is 10.0 Å². The van der Waals surface area contributed by atoms with E-state index < -0.39 is 28.1 Å². The quantitative estimate of drug-likeness (QED) is 0.646. The molecule has 31 heavy (non-hydrogen) atoms. The lowest BCUT2D eigenvalue weighted by Crippen LogP contribution is -2.41. The smallest absolute Gasteiger partial charge is 0.324 e. The minimum atomic E-state index is -4.04. The lowest BCUT2D eigenvalue weighted by Gasteiger charge is -2.24. The second-order valence-corrected chi connectivity index (χ2v) is 9.97. The molecule has 1 fully saturated rings. The van der Waals surface area contributed by atoms with Crippen LogP contribution < -0.4 is 4.74 Å². The normalized spacial score (nSPS) is 21.4. The van der Waals surface area contributed by atoms with Crippen LogP contribution in [0.3, 0.4) is 0 Å². The van der Waals surface area contributed by atoms with E-state index >= 15 is 0 Å². The molecular weight excluding hydrogens is 469 g/mol. The molecule has 2 aromatic rings. The fraction of sp³-hybridized carbons (Fsp3) is 0.350. The highest BCUT2D eigenvalue weighted by Crippen LogP contribution is 2.33. The Balaban J connectivity index is 1.53. The Morgan fingerprint density at radius 3 is 2.68 bits per heavy atom. The Hall–Kier alpha value is -1.88. The Morgan fingerprint density at radius 2 is 1.94 bits per heavy atom. The summed E-state index contributed by atoms with van der Waals surface area (Å²) in [5.41, 5.74) is 1.28. The number of ether oxygens (including phenoxy) is 3. The first-order valence-electron chi connectivity index (χ1n) is 9.39. The zero-order valence-corrected chi connectivity index (χ0v) is 18.5. The summed E-state index contributed by atoms with van der Waals surface area (Å²) in [7, 11) is -4.04. The SMILES string of the molecule is O=C(OCc1cc(Cl)cc2c1OCOC2)[C@H]1C[C@H](O)CN1S(=O)(=O)c1ccc(Cl)cc1. The number of carbonyl (C=O) groups excluding carboxylic acids is 1. The molecule has 166 valence electrons. The van der Waals surface area contributed by atoms with Crippen molar-refractivity contribution in [1.82, 2.24) is 4.31 Å². The number of rotatable bonds is 5. The molecule has 2 heterocycles. The van der Waals surface area contributed by atoms with E-state index in [0.717, 1.165) is 9.87 Å². The maximum absolute atomic E-state index is 13.0. The molecule has 0 aliphatic carbocycles. The van der Waals surface area contributed by atoms with Gasteiger partial charge < -0.3 is 19.3 Å². The van der Waals surface area contributed by atoms with Crippen molar-refractivity contribution in [2.24, 2.45) is 0 Å². The monoisotopic (exact) mass is 487 g/mol. The van der Waals surface area contributed by atoms with Gasteiger partial charge in [-0.2, -0.15) is 4.31 Å².